The highest BCUT2D eigenvalue weighted by Gasteiger charge is 2.17. The van der Waals surface area contributed by atoms with Gasteiger partial charge in [0.2, 0.25) is 5.91 Å². The van der Waals surface area contributed by atoms with E-state index in [4.69, 9.17) is 21.3 Å². The lowest BCUT2D eigenvalue weighted by Gasteiger charge is -2.16. The third kappa shape index (κ3) is 4.91. The van der Waals surface area contributed by atoms with Crippen molar-refractivity contribution >= 4 is 40.3 Å². The topological polar surface area (TPSA) is 76.5 Å². The highest BCUT2D eigenvalue weighted by Crippen LogP contribution is 2.35. The first-order valence-electron chi connectivity index (χ1n) is 11.0. The molecule has 170 valence electrons. The molecule has 1 aliphatic rings. The van der Waals surface area contributed by atoms with Crippen LogP contribution >= 0.6 is 11.6 Å². The van der Waals surface area contributed by atoms with E-state index >= 15 is 0 Å². The summed E-state index contributed by atoms with van der Waals surface area (Å²) in [7, 11) is 0. The number of halogens is 1. The number of amides is 1. The van der Waals surface area contributed by atoms with Gasteiger partial charge in [0.15, 0.2) is 0 Å². The quantitative estimate of drug-likeness (QED) is 0.492. The molecule has 33 heavy (non-hydrogen) atoms. The van der Waals surface area contributed by atoms with E-state index in [0.717, 1.165) is 45.4 Å². The Kier molecular flexibility index (Phi) is 6.75. The molecule has 2 aromatic heterocycles. The standard InChI is InChI=1S/C26H27ClN4O2/c1-15(2)26(32)30-12-18-11-28-13-22(27)21(18)14-33-23-7-5-6-19-20(10-17(4)31-25(19)23)24-16(3)8-9-29-24/h5-7,9-11,13,15H,8,12,14H2,1-4H3,(H,30,32). The molecule has 4 rings (SSSR count). The van der Waals surface area contributed by atoms with Crippen molar-refractivity contribution in [2.45, 2.75) is 47.3 Å². The lowest BCUT2D eigenvalue weighted by molar-refractivity contribution is -0.124. The van der Waals surface area contributed by atoms with Crippen molar-refractivity contribution in [3.8, 4) is 5.75 Å². The number of hydrogen-bond acceptors (Lipinski definition) is 5. The number of nitrogens with zero attached hydrogens (tertiary/aromatic N) is 3. The molecule has 0 saturated carbocycles. The van der Waals surface area contributed by atoms with E-state index in [1.54, 1.807) is 12.4 Å². The first-order valence-corrected chi connectivity index (χ1v) is 11.4. The monoisotopic (exact) mass is 462 g/mol. The lowest BCUT2D eigenvalue weighted by atomic mass is 10.0. The molecule has 0 spiro atoms. The minimum atomic E-state index is -0.0982. The summed E-state index contributed by atoms with van der Waals surface area (Å²) < 4.78 is 6.24. The molecule has 0 aliphatic carbocycles. The second kappa shape index (κ2) is 9.71. The Balaban J connectivity index is 1.65. The number of aromatic nitrogens is 2. The second-order valence-corrected chi connectivity index (χ2v) is 8.94. The van der Waals surface area contributed by atoms with Crippen molar-refractivity contribution in [3.05, 3.63) is 69.6 Å². The average molecular weight is 463 g/mol. The van der Waals surface area contributed by atoms with Crippen molar-refractivity contribution in [2.75, 3.05) is 0 Å². The molecule has 1 N–H and O–H groups in total. The predicted octanol–water partition coefficient (Wildman–Crippen LogP) is 5.65. The first kappa shape index (κ1) is 22.9. The largest absolute Gasteiger partial charge is 0.487 e. The van der Waals surface area contributed by atoms with Gasteiger partial charge in [-0.15, -0.1) is 0 Å². The maximum Gasteiger partial charge on any atom is 0.222 e. The van der Waals surface area contributed by atoms with Crippen LogP contribution in [0.15, 0.2) is 47.2 Å². The van der Waals surface area contributed by atoms with Crippen LogP contribution in [-0.4, -0.2) is 22.1 Å². The fourth-order valence-corrected chi connectivity index (χ4v) is 4.03. The zero-order valence-electron chi connectivity index (χ0n) is 19.3. The molecule has 6 nitrogen and oxygen atoms in total. The number of ether oxygens (including phenoxy) is 1. The Morgan fingerprint density at radius 3 is 2.79 bits per heavy atom. The summed E-state index contributed by atoms with van der Waals surface area (Å²) >= 11 is 6.45. The number of nitrogens with one attached hydrogen (secondary N) is 1. The third-order valence-corrected chi connectivity index (χ3v) is 5.98. The fraction of sp³-hybridized carbons (Fsp3) is 0.308. The molecule has 0 unspecified atom stereocenters. The van der Waals surface area contributed by atoms with E-state index in [0.29, 0.717) is 17.3 Å². The summed E-state index contributed by atoms with van der Waals surface area (Å²) in [5, 5.41) is 4.41. The molecule has 1 aromatic carbocycles. The number of fused-ring (bicyclic) bond motifs is 1. The van der Waals surface area contributed by atoms with Gasteiger partial charge in [0, 0.05) is 59.7 Å². The van der Waals surface area contributed by atoms with Gasteiger partial charge in [-0.1, -0.05) is 37.6 Å². The van der Waals surface area contributed by atoms with E-state index < -0.39 is 0 Å². The average Bonchev–Trinajstić information content (AvgIpc) is 3.21. The van der Waals surface area contributed by atoms with E-state index in [2.05, 4.69) is 28.3 Å². The van der Waals surface area contributed by atoms with Crippen molar-refractivity contribution in [1.82, 2.24) is 15.3 Å². The molecular formula is C26H27ClN4O2. The summed E-state index contributed by atoms with van der Waals surface area (Å²) in [6.45, 7) is 8.37. The number of allylic oxidation sites excluding steroid dienone is 1. The first-order chi connectivity index (χ1) is 15.8. The molecule has 1 amide bonds. The molecule has 0 atom stereocenters. The minimum Gasteiger partial charge on any atom is -0.487 e. The molecule has 0 fully saturated rings. The molecule has 1 aliphatic heterocycles. The van der Waals surface area contributed by atoms with Gasteiger partial charge in [-0.25, -0.2) is 4.98 Å². The number of hydrogen-bond donors (Lipinski definition) is 1. The van der Waals surface area contributed by atoms with Crippen LogP contribution in [0.3, 0.4) is 0 Å². The van der Waals surface area contributed by atoms with Crippen molar-refractivity contribution in [1.29, 1.82) is 0 Å². The van der Waals surface area contributed by atoms with Crippen LogP contribution in [0.2, 0.25) is 5.02 Å². The van der Waals surface area contributed by atoms with Crippen LogP contribution in [0.25, 0.3) is 16.6 Å². The lowest BCUT2D eigenvalue weighted by Crippen LogP contribution is -2.27. The Labute approximate surface area is 198 Å². The highest BCUT2D eigenvalue weighted by atomic mass is 35.5. The Morgan fingerprint density at radius 1 is 1.24 bits per heavy atom. The van der Waals surface area contributed by atoms with Gasteiger partial charge in [0.1, 0.15) is 17.9 Å². The maximum absolute atomic E-state index is 12.0. The van der Waals surface area contributed by atoms with Crippen LogP contribution in [0.5, 0.6) is 5.75 Å². The molecular weight excluding hydrogens is 436 g/mol. The van der Waals surface area contributed by atoms with E-state index in [1.807, 2.05) is 45.2 Å². The molecule has 0 saturated heterocycles. The maximum atomic E-state index is 12.0. The van der Waals surface area contributed by atoms with Crippen molar-refractivity contribution in [2.24, 2.45) is 10.9 Å². The number of aryl methyl sites for hydroxylation is 1. The summed E-state index contributed by atoms with van der Waals surface area (Å²) in [4.78, 5) is 25.6. The van der Waals surface area contributed by atoms with Gasteiger partial charge in [0.05, 0.1) is 10.7 Å². The van der Waals surface area contributed by atoms with Gasteiger partial charge >= 0.3 is 0 Å². The van der Waals surface area contributed by atoms with Gasteiger partial charge in [0.25, 0.3) is 0 Å². The zero-order valence-corrected chi connectivity index (χ0v) is 20.0. The Morgan fingerprint density at radius 2 is 2.06 bits per heavy atom. The molecule has 3 aromatic rings. The van der Waals surface area contributed by atoms with Crippen molar-refractivity contribution < 1.29 is 9.53 Å². The number of benzene rings is 1. The normalized spacial score (nSPS) is 13.3. The molecule has 7 heteroatoms. The van der Waals surface area contributed by atoms with Crippen LogP contribution in [0.4, 0.5) is 0 Å². The fourth-order valence-electron chi connectivity index (χ4n) is 3.80. The minimum absolute atomic E-state index is 0.0257. The number of carbonyl (C=O) groups excluding carboxylic acids is 1. The number of rotatable bonds is 7. The summed E-state index contributed by atoms with van der Waals surface area (Å²) in [6.07, 6.45) is 6.11. The Bertz CT molecular complexity index is 1280. The second-order valence-electron chi connectivity index (χ2n) is 8.53. The van der Waals surface area contributed by atoms with Crippen molar-refractivity contribution in [3.63, 3.8) is 0 Å². The summed E-state index contributed by atoms with van der Waals surface area (Å²) in [6, 6.07) is 7.99. The van der Waals surface area contributed by atoms with E-state index in [9.17, 15) is 4.79 Å². The number of pyridine rings is 2. The van der Waals surface area contributed by atoms with Gasteiger partial charge in [-0.2, -0.15) is 0 Å². The predicted molar refractivity (Wildman–Crippen MR) is 132 cm³/mol. The smallest absolute Gasteiger partial charge is 0.222 e. The van der Waals surface area contributed by atoms with Crippen LogP contribution in [0, 0.1) is 12.8 Å². The number of aliphatic imine (C=N–C) groups is 1. The highest BCUT2D eigenvalue weighted by molar-refractivity contribution is 6.31. The molecule has 0 radical (unpaired) electrons. The number of para-hydroxylation sites is 1. The van der Waals surface area contributed by atoms with Gasteiger partial charge in [-0.3, -0.25) is 14.8 Å². The van der Waals surface area contributed by atoms with Crippen LogP contribution < -0.4 is 10.1 Å². The molecule has 3 heterocycles. The van der Waals surface area contributed by atoms with Crippen LogP contribution in [-0.2, 0) is 17.9 Å². The zero-order chi connectivity index (χ0) is 23.5. The van der Waals surface area contributed by atoms with E-state index in [1.165, 1.54) is 5.57 Å². The van der Waals surface area contributed by atoms with E-state index in [-0.39, 0.29) is 18.4 Å². The molecule has 0 bridgehead atoms. The summed E-state index contributed by atoms with van der Waals surface area (Å²) in [5.41, 5.74) is 6.60. The SMILES string of the molecule is CC1=C(c2cc(C)nc3c(OCc4c(Cl)cncc4CNC(=O)C(C)C)cccc23)N=CC1. The van der Waals surface area contributed by atoms with Crippen LogP contribution in [0.1, 0.15) is 49.6 Å². The Hall–Kier alpha value is -3.25. The summed E-state index contributed by atoms with van der Waals surface area (Å²) in [5.74, 6) is 0.545. The third-order valence-electron chi connectivity index (χ3n) is 5.65. The number of carbonyl (C=O) groups is 1. The van der Waals surface area contributed by atoms with Gasteiger partial charge < -0.3 is 10.1 Å². The van der Waals surface area contributed by atoms with Gasteiger partial charge in [-0.05, 0) is 37.1 Å².